The second kappa shape index (κ2) is 4.73. The van der Waals surface area contributed by atoms with E-state index in [9.17, 15) is 13.2 Å². The van der Waals surface area contributed by atoms with Crippen molar-refractivity contribution in [2.45, 2.75) is 50.6 Å². The lowest BCUT2D eigenvalue weighted by molar-refractivity contribution is -0.185. The highest BCUT2D eigenvalue weighted by atomic mass is 35.5. The molecule has 0 bridgehead atoms. The third-order valence-corrected chi connectivity index (χ3v) is 3.74. The molecule has 4 heteroatoms. The molecule has 0 N–H and O–H groups in total. The van der Waals surface area contributed by atoms with Crippen LogP contribution in [0.15, 0.2) is 0 Å². The fraction of sp³-hybridized carbons (Fsp3) is 1.00. The van der Waals surface area contributed by atoms with Crippen LogP contribution in [0.2, 0.25) is 0 Å². The highest BCUT2D eigenvalue weighted by Gasteiger charge is 2.43. The molecule has 0 saturated heterocycles. The van der Waals surface area contributed by atoms with Gasteiger partial charge in [0, 0.05) is 5.38 Å². The Hall–Kier alpha value is 0.0800. The predicted octanol–water partition coefficient (Wildman–Crippen LogP) is 4.37. The van der Waals surface area contributed by atoms with E-state index in [0.29, 0.717) is 6.42 Å². The van der Waals surface area contributed by atoms with Crippen molar-refractivity contribution < 1.29 is 13.2 Å². The minimum Gasteiger partial charge on any atom is -0.171 e. The SMILES string of the molecule is CCC(Cl)C1CCCC(C(F)(F)F)C1. The number of alkyl halides is 4. The zero-order valence-corrected chi connectivity index (χ0v) is 9.04. The summed E-state index contributed by atoms with van der Waals surface area (Å²) in [5, 5.41) is -0.0832. The topological polar surface area (TPSA) is 0 Å². The Balaban J connectivity index is 2.52. The van der Waals surface area contributed by atoms with E-state index >= 15 is 0 Å². The first-order chi connectivity index (χ1) is 6.45. The monoisotopic (exact) mass is 228 g/mol. The molecule has 14 heavy (non-hydrogen) atoms. The largest absolute Gasteiger partial charge is 0.391 e. The molecule has 1 aliphatic carbocycles. The van der Waals surface area contributed by atoms with Crippen LogP contribution in [-0.2, 0) is 0 Å². The van der Waals surface area contributed by atoms with Gasteiger partial charge in [0.15, 0.2) is 0 Å². The summed E-state index contributed by atoms with van der Waals surface area (Å²) in [5.74, 6) is -1.06. The highest BCUT2D eigenvalue weighted by molar-refractivity contribution is 6.20. The maximum absolute atomic E-state index is 12.4. The average Bonchev–Trinajstić information content (AvgIpc) is 2.15. The summed E-state index contributed by atoms with van der Waals surface area (Å²) in [6.45, 7) is 1.93. The Kier molecular flexibility index (Phi) is 4.11. The van der Waals surface area contributed by atoms with Gasteiger partial charge in [-0.25, -0.2) is 0 Å². The van der Waals surface area contributed by atoms with Crippen molar-refractivity contribution in [1.82, 2.24) is 0 Å². The molecular weight excluding hydrogens is 213 g/mol. The summed E-state index contributed by atoms with van der Waals surface area (Å²) in [6.07, 6.45) is -1.23. The number of rotatable bonds is 2. The molecule has 0 spiro atoms. The Bertz CT molecular complexity index is 179. The van der Waals surface area contributed by atoms with Crippen LogP contribution in [0.25, 0.3) is 0 Å². The summed E-state index contributed by atoms with van der Waals surface area (Å²) < 4.78 is 37.3. The van der Waals surface area contributed by atoms with Crippen molar-refractivity contribution >= 4 is 11.6 Å². The van der Waals surface area contributed by atoms with Crippen molar-refractivity contribution in [3.05, 3.63) is 0 Å². The summed E-state index contributed by atoms with van der Waals surface area (Å²) in [4.78, 5) is 0. The van der Waals surface area contributed by atoms with Gasteiger partial charge < -0.3 is 0 Å². The third kappa shape index (κ3) is 3.04. The summed E-state index contributed by atoms with van der Waals surface area (Å²) in [7, 11) is 0. The van der Waals surface area contributed by atoms with Crippen molar-refractivity contribution in [2.75, 3.05) is 0 Å². The Labute approximate surface area is 87.8 Å². The van der Waals surface area contributed by atoms with E-state index in [-0.39, 0.29) is 24.1 Å². The molecule has 84 valence electrons. The van der Waals surface area contributed by atoms with Gasteiger partial charge in [-0.3, -0.25) is 0 Å². The van der Waals surface area contributed by atoms with Gasteiger partial charge in [-0.1, -0.05) is 13.3 Å². The minimum absolute atomic E-state index is 0.0574. The maximum Gasteiger partial charge on any atom is 0.391 e. The van der Waals surface area contributed by atoms with Crippen LogP contribution in [-0.4, -0.2) is 11.6 Å². The lowest BCUT2D eigenvalue weighted by Gasteiger charge is -2.32. The molecule has 0 amide bonds. The lowest BCUT2D eigenvalue weighted by atomic mass is 9.79. The van der Waals surface area contributed by atoms with Crippen LogP contribution in [0.3, 0.4) is 0 Å². The number of hydrogen-bond donors (Lipinski definition) is 0. The third-order valence-electron chi connectivity index (χ3n) is 3.08. The Morgan fingerprint density at radius 3 is 2.50 bits per heavy atom. The minimum atomic E-state index is -4.02. The van der Waals surface area contributed by atoms with Crippen molar-refractivity contribution in [1.29, 1.82) is 0 Å². The van der Waals surface area contributed by atoms with Crippen LogP contribution >= 0.6 is 11.6 Å². The molecule has 0 heterocycles. The van der Waals surface area contributed by atoms with Crippen LogP contribution in [0.1, 0.15) is 39.0 Å². The molecule has 0 radical (unpaired) electrons. The molecule has 3 atom stereocenters. The molecule has 3 unspecified atom stereocenters. The van der Waals surface area contributed by atoms with E-state index in [1.807, 2.05) is 6.92 Å². The summed E-state index contributed by atoms with van der Waals surface area (Å²) in [5.41, 5.74) is 0. The number of hydrogen-bond acceptors (Lipinski definition) is 0. The summed E-state index contributed by atoms with van der Waals surface area (Å²) >= 11 is 5.99. The maximum atomic E-state index is 12.4. The number of halogens is 4. The molecule has 1 rings (SSSR count). The zero-order chi connectivity index (χ0) is 10.8. The molecule has 0 aromatic rings. The molecule has 1 aliphatic rings. The highest BCUT2D eigenvalue weighted by Crippen LogP contribution is 2.42. The molecule has 0 nitrogen and oxygen atoms in total. The first kappa shape index (κ1) is 12.2. The molecular formula is C10H16ClF3. The van der Waals surface area contributed by atoms with Crippen molar-refractivity contribution in [2.24, 2.45) is 11.8 Å². The van der Waals surface area contributed by atoms with Gasteiger partial charge >= 0.3 is 6.18 Å². The molecule has 1 fully saturated rings. The van der Waals surface area contributed by atoms with Crippen LogP contribution < -0.4 is 0 Å². The fourth-order valence-electron chi connectivity index (χ4n) is 2.19. The normalized spacial score (nSPS) is 31.5. The smallest absolute Gasteiger partial charge is 0.171 e. The standard InChI is InChI=1S/C10H16ClF3/c1-2-9(11)7-4-3-5-8(6-7)10(12,13)14/h7-9H,2-6H2,1H3. The Morgan fingerprint density at radius 1 is 1.36 bits per heavy atom. The second-order valence-electron chi connectivity index (χ2n) is 4.09. The van der Waals surface area contributed by atoms with Gasteiger partial charge in [-0.05, 0) is 31.6 Å². The first-order valence-corrected chi connectivity index (χ1v) is 5.59. The van der Waals surface area contributed by atoms with Gasteiger partial charge in [0.2, 0.25) is 0 Å². The van der Waals surface area contributed by atoms with E-state index in [2.05, 4.69) is 0 Å². The Morgan fingerprint density at radius 2 is 2.00 bits per heavy atom. The van der Waals surface area contributed by atoms with E-state index in [4.69, 9.17) is 11.6 Å². The van der Waals surface area contributed by atoms with Crippen LogP contribution in [0, 0.1) is 11.8 Å². The predicted molar refractivity (Wildman–Crippen MR) is 51.4 cm³/mol. The van der Waals surface area contributed by atoms with Gasteiger partial charge in [0.1, 0.15) is 0 Å². The van der Waals surface area contributed by atoms with E-state index in [0.717, 1.165) is 12.8 Å². The quantitative estimate of drug-likeness (QED) is 0.616. The van der Waals surface area contributed by atoms with Crippen molar-refractivity contribution in [3.8, 4) is 0 Å². The van der Waals surface area contributed by atoms with E-state index < -0.39 is 12.1 Å². The van der Waals surface area contributed by atoms with E-state index in [1.165, 1.54) is 0 Å². The van der Waals surface area contributed by atoms with Crippen molar-refractivity contribution in [3.63, 3.8) is 0 Å². The summed E-state index contributed by atoms with van der Waals surface area (Å²) in [6, 6.07) is 0. The van der Waals surface area contributed by atoms with Crippen LogP contribution in [0.5, 0.6) is 0 Å². The van der Waals surface area contributed by atoms with Crippen LogP contribution in [0.4, 0.5) is 13.2 Å². The zero-order valence-electron chi connectivity index (χ0n) is 8.28. The fourth-order valence-corrected chi connectivity index (χ4v) is 2.42. The van der Waals surface area contributed by atoms with E-state index in [1.54, 1.807) is 0 Å². The van der Waals surface area contributed by atoms with Gasteiger partial charge in [0.05, 0.1) is 5.92 Å². The molecule has 1 saturated carbocycles. The van der Waals surface area contributed by atoms with Gasteiger partial charge in [-0.15, -0.1) is 11.6 Å². The molecule has 0 aromatic heterocycles. The molecule has 0 aliphatic heterocycles. The lowest BCUT2D eigenvalue weighted by Crippen LogP contribution is -2.31. The second-order valence-corrected chi connectivity index (χ2v) is 4.65. The first-order valence-electron chi connectivity index (χ1n) is 5.16. The average molecular weight is 229 g/mol. The molecule has 0 aromatic carbocycles. The van der Waals surface area contributed by atoms with Gasteiger partial charge in [0.25, 0.3) is 0 Å². The van der Waals surface area contributed by atoms with Gasteiger partial charge in [-0.2, -0.15) is 13.2 Å².